The lowest BCUT2D eigenvalue weighted by molar-refractivity contribution is -0.118. The molecule has 4 N–H and O–H groups in total. The summed E-state index contributed by atoms with van der Waals surface area (Å²) in [4.78, 5) is 23.0. The monoisotopic (exact) mass is 368 g/mol. The van der Waals surface area contributed by atoms with Gasteiger partial charge in [-0.2, -0.15) is 5.10 Å². The molecule has 0 aliphatic carbocycles. The standard InChI is InChI=1S/C19H20N4O4/c1-11-4-3-5-14(6-11)23-17-8-15(12(2)7-13(17)9-20-23)21-18(25)16(10-24)22-19(26)27/h3-9,16,22,24H,10H2,1-2H3,(H,21,25)(H,26,27). The molecule has 3 aromatic rings. The quantitative estimate of drug-likeness (QED) is 0.551. The summed E-state index contributed by atoms with van der Waals surface area (Å²) in [6.07, 6.45) is 0.368. The third-order valence-corrected chi connectivity index (χ3v) is 4.22. The Morgan fingerprint density at radius 2 is 2.00 bits per heavy atom. The normalized spacial score (nSPS) is 12.0. The van der Waals surface area contributed by atoms with Gasteiger partial charge in [-0.25, -0.2) is 9.48 Å². The fourth-order valence-corrected chi connectivity index (χ4v) is 2.85. The number of aliphatic hydroxyl groups excluding tert-OH is 1. The van der Waals surface area contributed by atoms with Crippen LogP contribution in [-0.2, 0) is 4.79 Å². The molecule has 0 aliphatic heterocycles. The van der Waals surface area contributed by atoms with Crippen LogP contribution in [0.3, 0.4) is 0 Å². The third kappa shape index (κ3) is 3.90. The number of carboxylic acid groups (broad SMARTS) is 1. The van der Waals surface area contributed by atoms with Crippen molar-refractivity contribution in [3.63, 3.8) is 0 Å². The van der Waals surface area contributed by atoms with E-state index in [4.69, 9.17) is 5.11 Å². The molecule has 0 saturated heterocycles. The minimum absolute atomic E-state index is 0.521. The van der Waals surface area contributed by atoms with Crippen LogP contribution in [0.25, 0.3) is 16.6 Å². The number of carbonyl (C=O) groups is 2. The molecule has 0 fully saturated rings. The zero-order valence-electron chi connectivity index (χ0n) is 14.9. The highest BCUT2D eigenvalue weighted by Crippen LogP contribution is 2.26. The summed E-state index contributed by atoms with van der Waals surface area (Å²) in [5.74, 6) is -0.635. The van der Waals surface area contributed by atoms with Crippen LogP contribution in [0, 0.1) is 13.8 Å². The fraction of sp³-hybridized carbons (Fsp3) is 0.211. The first-order valence-corrected chi connectivity index (χ1v) is 8.35. The van der Waals surface area contributed by atoms with E-state index in [1.54, 1.807) is 16.9 Å². The average molecular weight is 368 g/mol. The van der Waals surface area contributed by atoms with Crippen LogP contribution < -0.4 is 10.6 Å². The van der Waals surface area contributed by atoms with E-state index >= 15 is 0 Å². The first kappa shape index (κ1) is 18.4. The second kappa shape index (κ2) is 7.46. The van der Waals surface area contributed by atoms with Gasteiger partial charge in [-0.1, -0.05) is 12.1 Å². The Hall–Kier alpha value is -3.39. The van der Waals surface area contributed by atoms with Crippen molar-refractivity contribution in [2.45, 2.75) is 19.9 Å². The number of aliphatic hydroxyl groups is 1. The van der Waals surface area contributed by atoms with Crippen molar-refractivity contribution in [3.05, 3.63) is 53.7 Å². The molecule has 2 amide bonds. The number of nitrogens with one attached hydrogen (secondary N) is 2. The molecule has 1 atom stereocenters. The van der Waals surface area contributed by atoms with Crippen molar-refractivity contribution in [2.24, 2.45) is 0 Å². The van der Waals surface area contributed by atoms with Crippen LogP contribution in [0.15, 0.2) is 42.6 Å². The Labute approximate surface area is 155 Å². The van der Waals surface area contributed by atoms with Crippen molar-refractivity contribution in [1.82, 2.24) is 15.1 Å². The maximum Gasteiger partial charge on any atom is 0.405 e. The van der Waals surface area contributed by atoms with Gasteiger partial charge in [0.25, 0.3) is 0 Å². The molecule has 0 radical (unpaired) electrons. The van der Waals surface area contributed by atoms with E-state index in [1.165, 1.54) is 0 Å². The van der Waals surface area contributed by atoms with Crippen LogP contribution in [0.5, 0.6) is 0 Å². The Morgan fingerprint density at radius 1 is 1.22 bits per heavy atom. The van der Waals surface area contributed by atoms with E-state index in [0.29, 0.717) is 5.69 Å². The zero-order valence-corrected chi connectivity index (χ0v) is 14.9. The maximum atomic E-state index is 12.3. The van der Waals surface area contributed by atoms with Gasteiger partial charge in [-0.05, 0) is 49.2 Å². The Kier molecular flexibility index (Phi) is 5.09. The van der Waals surface area contributed by atoms with Crippen molar-refractivity contribution < 1.29 is 19.8 Å². The van der Waals surface area contributed by atoms with Gasteiger partial charge in [0, 0.05) is 11.1 Å². The number of hydrogen-bond donors (Lipinski definition) is 4. The largest absolute Gasteiger partial charge is 0.465 e. The summed E-state index contributed by atoms with van der Waals surface area (Å²) in [6.45, 7) is 3.19. The summed E-state index contributed by atoms with van der Waals surface area (Å²) >= 11 is 0. The molecule has 2 aromatic carbocycles. The average Bonchev–Trinajstić information content (AvgIpc) is 3.02. The van der Waals surface area contributed by atoms with Crippen molar-refractivity contribution in [1.29, 1.82) is 0 Å². The number of benzene rings is 2. The lowest BCUT2D eigenvalue weighted by Gasteiger charge is -2.16. The van der Waals surface area contributed by atoms with E-state index < -0.39 is 24.6 Å². The number of aryl methyl sites for hydroxylation is 2. The summed E-state index contributed by atoms with van der Waals surface area (Å²) in [7, 11) is 0. The molecule has 0 saturated carbocycles. The van der Waals surface area contributed by atoms with Crippen LogP contribution in [-0.4, -0.2) is 44.6 Å². The van der Waals surface area contributed by atoms with Gasteiger partial charge in [0.2, 0.25) is 5.91 Å². The van der Waals surface area contributed by atoms with Crippen molar-refractivity contribution in [3.8, 4) is 5.69 Å². The Bertz CT molecular complexity index is 1010. The topological polar surface area (TPSA) is 116 Å². The van der Waals surface area contributed by atoms with Crippen LogP contribution >= 0.6 is 0 Å². The van der Waals surface area contributed by atoms with Gasteiger partial charge in [-0.3, -0.25) is 4.79 Å². The summed E-state index contributed by atoms with van der Waals surface area (Å²) < 4.78 is 1.77. The Morgan fingerprint density at radius 3 is 2.67 bits per heavy atom. The number of amides is 2. The molecule has 3 rings (SSSR count). The molecule has 1 unspecified atom stereocenters. The third-order valence-electron chi connectivity index (χ3n) is 4.22. The molecular formula is C19H20N4O4. The highest BCUT2D eigenvalue weighted by atomic mass is 16.4. The highest BCUT2D eigenvalue weighted by Gasteiger charge is 2.20. The molecule has 0 aliphatic rings. The van der Waals surface area contributed by atoms with Crippen molar-refractivity contribution in [2.75, 3.05) is 11.9 Å². The number of aromatic nitrogens is 2. The van der Waals surface area contributed by atoms with E-state index in [2.05, 4.69) is 10.4 Å². The molecule has 8 nitrogen and oxygen atoms in total. The second-order valence-electron chi connectivity index (χ2n) is 6.30. The SMILES string of the molecule is Cc1cccc(-n2ncc3cc(C)c(NC(=O)C(CO)NC(=O)O)cc32)c1. The van der Waals surface area contributed by atoms with E-state index in [-0.39, 0.29) is 0 Å². The van der Waals surface area contributed by atoms with E-state index in [1.807, 2.05) is 49.5 Å². The summed E-state index contributed by atoms with van der Waals surface area (Å²) in [5.41, 5.74) is 4.11. The second-order valence-corrected chi connectivity index (χ2v) is 6.30. The Balaban J connectivity index is 1.97. The lowest BCUT2D eigenvalue weighted by atomic mass is 10.1. The predicted octanol–water partition coefficient (Wildman–Crippen LogP) is 2.21. The van der Waals surface area contributed by atoms with E-state index in [0.717, 1.165) is 27.7 Å². The summed E-state index contributed by atoms with van der Waals surface area (Å²) in [6, 6.07) is 10.3. The maximum absolute atomic E-state index is 12.3. The lowest BCUT2D eigenvalue weighted by Crippen LogP contribution is -2.45. The molecule has 0 spiro atoms. The number of hydrogen-bond acceptors (Lipinski definition) is 4. The van der Waals surface area contributed by atoms with Gasteiger partial charge in [0.05, 0.1) is 24.0 Å². The van der Waals surface area contributed by atoms with Gasteiger partial charge >= 0.3 is 6.09 Å². The van der Waals surface area contributed by atoms with Crippen LogP contribution in [0.1, 0.15) is 11.1 Å². The first-order valence-electron chi connectivity index (χ1n) is 8.35. The fourth-order valence-electron chi connectivity index (χ4n) is 2.85. The van der Waals surface area contributed by atoms with Crippen LogP contribution in [0.2, 0.25) is 0 Å². The minimum Gasteiger partial charge on any atom is -0.465 e. The smallest absolute Gasteiger partial charge is 0.405 e. The van der Waals surface area contributed by atoms with E-state index in [9.17, 15) is 14.7 Å². The molecule has 1 heterocycles. The van der Waals surface area contributed by atoms with Crippen LogP contribution in [0.4, 0.5) is 10.5 Å². The van der Waals surface area contributed by atoms with Crippen molar-refractivity contribution >= 4 is 28.6 Å². The van der Waals surface area contributed by atoms with Gasteiger partial charge in [0.1, 0.15) is 6.04 Å². The molecule has 1 aromatic heterocycles. The molecule has 27 heavy (non-hydrogen) atoms. The summed E-state index contributed by atoms with van der Waals surface area (Å²) in [5, 5.41) is 28.0. The molecule has 8 heteroatoms. The number of anilines is 1. The predicted molar refractivity (Wildman–Crippen MR) is 101 cm³/mol. The number of rotatable bonds is 5. The number of nitrogens with zero attached hydrogens (tertiary/aromatic N) is 2. The number of fused-ring (bicyclic) bond motifs is 1. The molecular weight excluding hydrogens is 348 g/mol. The molecule has 0 bridgehead atoms. The van der Waals surface area contributed by atoms with Gasteiger partial charge in [0.15, 0.2) is 0 Å². The highest BCUT2D eigenvalue weighted by molar-refractivity contribution is 5.99. The minimum atomic E-state index is -1.38. The zero-order chi connectivity index (χ0) is 19.6. The number of carbonyl (C=O) groups excluding carboxylic acids is 1. The van der Waals surface area contributed by atoms with Gasteiger partial charge in [-0.15, -0.1) is 0 Å². The van der Waals surface area contributed by atoms with Gasteiger partial charge < -0.3 is 20.8 Å². The first-order chi connectivity index (χ1) is 12.9. The molecule has 140 valence electrons.